The van der Waals surface area contributed by atoms with Gasteiger partial charge in [-0.25, -0.2) is 4.79 Å². The number of nitro groups is 1. The normalized spacial score (nSPS) is 11.7. The number of nitro benzene ring substituents is 1. The van der Waals surface area contributed by atoms with E-state index < -0.39 is 11.0 Å². The topological polar surface area (TPSA) is 104 Å². The van der Waals surface area contributed by atoms with E-state index in [4.69, 9.17) is 5.11 Å². The highest BCUT2D eigenvalue weighted by Gasteiger charge is 2.08. The van der Waals surface area contributed by atoms with Crippen molar-refractivity contribution in [3.63, 3.8) is 0 Å². The molecule has 0 aromatic heterocycles. The molecule has 104 valence electrons. The van der Waals surface area contributed by atoms with Crippen molar-refractivity contribution in [2.75, 3.05) is 18.5 Å². The summed E-state index contributed by atoms with van der Waals surface area (Å²) in [5.74, 6) is 0.167. The van der Waals surface area contributed by atoms with Crippen LogP contribution in [0.1, 0.15) is 13.3 Å². The smallest absolute Gasteiger partial charge is 0.319 e. The van der Waals surface area contributed by atoms with Gasteiger partial charge in [-0.2, -0.15) is 0 Å². The molecule has 0 radical (unpaired) electrons. The Morgan fingerprint density at radius 3 is 2.89 bits per heavy atom. The van der Waals surface area contributed by atoms with Gasteiger partial charge in [0, 0.05) is 31.0 Å². The van der Waals surface area contributed by atoms with E-state index in [-0.39, 0.29) is 18.2 Å². The fraction of sp³-hybridized carbons (Fsp3) is 0.417. The van der Waals surface area contributed by atoms with Crippen LogP contribution in [-0.2, 0) is 0 Å². The average molecular weight is 267 g/mol. The molecule has 7 heteroatoms. The minimum atomic E-state index is -0.521. The van der Waals surface area contributed by atoms with Crippen LogP contribution < -0.4 is 10.6 Å². The Kier molecular flexibility index (Phi) is 5.74. The predicted molar refractivity (Wildman–Crippen MR) is 71.0 cm³/mol. The Labute approximate surface area is 110 Å². The summed E-state index contributed by atoms with van der Waals surface area (Å²) >= 11 is 0. The van der Waals surface area contributed by atoms with Crippen LogP contribution in [-0.4, -0.2) is 29.2 Å². The highest BCUT2D eigenvalue weighted by atomic mass is 16.6. The minimum absolute atomic E-state index is 0.0774. The van der Waals surface area contributed by atoms with E-state index in [1.807, 2.05) is 6.92 Å². The van der Waals surface area contributed by atoms with Crippen molar-refractivity contribution in [1.82, 2.24) is 5.32 Å². The van der Waals surface area contributed by atoms with Gasteiger partial charge in [0.25, 0.3) is 5.69 Å². The van der Waals surface area contributed by atoms with Crippen molar-refractivity contribution in [3.05, 3.63) is 34.4 Å². The van der Waals surface area contributed by atoms with Crippen LogP contribution in [0.4, 0.5) is 16.2 Å². The first kappa shape index (κ1) is 14.9. The monoisotopic (exact) mass is 267 g/mol. The second-order valence-corrected chi connectivity index (χ2v) is 4.26. The summed E-state index contributed by atoms with van der Waals surface area (Å²) in [6, 6.07) is 5.29. The first-order valence-corrected chi connectivity index (χ1v) is 5.93. The molecule has 0 heterocycles. The molecule has 0 aliphatic carbocycles. The van der Waals surface area contributed by atoms with E-state index in [0.29, 0.717) is 18.7 Å². The molecule has 0 aliphatic heterocycles. The number of anilines is 1. The van der Waals surface area contributed by atoms with E-state index >= 15 is 0 Å². The van der Waals surface area contributed by atoms with Gasteiger partial charge in [0.05, 0.1) is 4.92 Å². The maximum Gasteiger partial charge on any atom is 0.319 e. The second kappa shape index (κ2) is 7.32. The minimum Gasteiger partial charge on any atom is -0.396 e. The zero-order chi connectivity index (χ0) is 14.3. The van der Waals surface area contributed by atoms with Gasteiger partial charge in [0.1, 0.15) is 0 Å². The third-order valence-electron chi connectivity index (χ3n) is 2.55. The van der Waals surface area contributed by atoms with E-state index in [0.717, 1.165) is 0 Å². The van der Waals surface area contributed by atoms with Crippen LogP contribution in [0.2, 0.25) is 0 Å². The third kappa shape index (κ3) is 5.35. The lowest BCUT2D eigenvalue weighted by atomic mass is 10.1. The van der Waals surface area contributed by atoms with Crippen LogP contribution in [0.15, 0.2) is 24.3 Å². The SMILES string of the molecule is CC(CCO)CNC(=O)Nc1cccc([N+](=O)[O-])c1. The number of hydrogen-bond donors (Lipinski definition) is 3. The number of urea groups is 1. The standard InChI is InChI=1S/C12H17N3O4/c1-9(5-6-16)8-13-12(17)14-10-3-2-4-11(7-10)15(18)19/h2-4,7,9,16H,5-6,8H2,1H3,(H2,13,14,17). The molecule has 0 spiro atoms. The quantitative estimate of drug-likeness (QED) is 0.539. The van der Waals surface area contributed by atoms with Gasteiger partial charge in [-0.3, -0.25) is 10.1 Å². The van der Waals surface area contributed by atoms with Gasteiger partial charge in [-0.1, -0.05) is 13.0 Å². The van der Waals surface area contributed by atoms with E-state index in [9.17, 15) is 14.9 Å². The maximum absolute atomic E-state index is 11.5. The Morgan fingerprint density at radius 1 is 1.53 bits per heavy atom. The number of hydrogen-bond acceptors (Lipinski definition) is 4. The first-order valence-electron chi connectivity index (χ1n) is 5.93. The Morgan fingerprint density at radius 2 is 2.26 bits per heavy atom. The predicted octanol–water partition coefficient (Wildman–Crippen LogP) is 1.73. The number of carbonyl (C=O) groups is 1. The molecule has 1 aromatic rings. The van der Waals surface area contributed by atoms with Crippen LogP contribution in [0.5, 0.6) is 0 Å². The first-order chi connectivity index (χ1) is 9.02. The zero-order valence-corrected chi connectivity index (χ0v) is 10.6. The second-order valence-electron chi connectivity index (χ2n) is 4.26. The van der Waals surface area contributed by atoms with Crippen molar-refractivity contribution in [2.24, 2.45) is 5.92 Å². The number of carbonyl (C=O) groups excluding carboxylic acids is 1. The molecule has 1 aromatic carbocycles. The molecule has 2 amide bonds. The number of rotatable bonds is 6. The number of nitrogens with zero attached hydrogens (tertiary/aromatic N) is 1. The lowest BCUT2D eigenvalue weighted by molar-refractivity contribution is -0.384. The molecule has 0 fully saturated rings. The molecule has 0 aliphatic rings. The Bertz CT molecular complexity index is 450. The van der Waals surface area contributed by atoms with E-state index in [1.54, 1.807) is 6.07 Å². The lowest BCUT2D eigenvalue weighted by Crippen LogP contribution is -2.32. The summed E-state index contributed by atoms with van der Waals surface area (Å²) < 4.78 is 0. The summed E-state index contributed by atoms with van der Waals surface area (Å²) in [4.78, 5) is 21.6. The van der Waals surface area contributed by atoms with Crippen molar-refractivity contribution in [1.29, 1.82) is 0 Å². The van der Waals surface area contributed by atoms with Crippen LogP contribution >= 0.6 is 0 Å². The molecule has 19 heavy (non-hydrogen) atoms. The molecule has 0 saturated carbocycles. The summed E-state index contributed by atoms with van der Waals surface area (Å²) in [5, 5.41) is 24.5. The largest absolute Gasteiger partial charge is 0.396 e. The molecule has 1 atom stereocenters. The van der Waals surface area contributed by atoms with E-state index in [1.165, 1.54) is 18.2 Å². The molecule has 1 unspecified atom stereocenters. The molecular formula is C12H17N3O4. The Hall–Kier alpha value is -2.15. The fourth-order valence-electron chi connectivity index (χ4n) is 1.46. The third-order valence-corrected chi connectivity index (χ3v) is 2.55. The number of aliphatic hydroxyl groups is 1. The lowest BCUT2D eigenvalue weighted by Gasteiger charge is -2.11. The molecule has 0 saturated heterocycles. The summed E-state index contributed by atoms with van der Waals surface area (Å²) in [7, 11) is 0. The van der Waals surface area contributed by atoms with Crippen molar-refractivity contribution in [3.8, 4) is 0 Å². The van der Waals surface area contributed by atoms with Gasteiger partial charge in [-0.05, 0) is 18.4 Å². The van der Waals surface area contributed by atoms with Crippen molar-refractivity contribution in [2.45, 2.75) is 13.3 Å². The van der Waals surface area contributed by atoms with Gasteiger partial charge in [0.15, 0.2) is 0 Å². The molecular weight excluding hydrogens is 250 g/mol. The van der Waals surface area contributed by atoms with Crippen molar-refractivity contribution >= 4 is 17.4 Å². The molecule has 1 rings (SSSR count). The number of aliphatic hydroxyl groups excluding tert-OH is 1. The number of amides is 2. The summed E-state index contributed by atoms with van der Waals surface area (Å²) in [6.07, 6.45) is 0.608. The highest BCUT2D eigenvalue weighted by Crippen LogP contribution is 2.16. The highest BCUT2D eigenvalue weighted by molar-refractivity contribution is 5.89. The number of non-ortho nitro benzene ring substituents is 1. The maximum atomic E-state index is 11.5. The molecule has 7 nitrogen and oxygen atoms in total. The number of nitrogens with one attached hydrogen (secondary N) is 2. The van der Waals surface area contributed by atoms with E-state index in [2.05, 4.69) is 10.6 Å². The van der Waals surface area contributed by atoms with Crippen LogP contribution in [0.25, 0.3) is 0 Å². The van der Waals surface area contributed by atoms with Gasteiger partial charge in [-0.15, -0.1) is 0 Å². The van der Waals surface area contributed by atoms with Gasteiger partial charge < -0.3 is 15.7 Å². The summed E-state index contributed by atoms with van der Waals surface area (Å²) in [6.45, 7) is 2.42. The molecule has 0 bridgehead atoms. The fourth-order valence-corrected chi connectivity index (χ4v) is 1.46. The number of benzene rings is 1. The molecule has 3 N–H and O–H groups in total. The van der Waals surface area contributed by atoms with Crippen LogP contribution in [0, 0.1) is 16.0 Å². The average Bonchev–Trinajstić information content (AvgIpc) is 2.37. The zero-order valence-electron chi connectivity index (χ0n) is 10.6. The van der Waals surface area contributed by atoms with Gasteiger partial charge in [0.2, 0.25) is 0 Å². The Balaban J connectivity index is 2.48. The van der Waals surface area contributed by atoms with Crippen LogP contribution in [0.3, 0.4) is 0 Å². The van der Waals surface area contributed by atoms with Gasteiger partial charge >= 0.3 is 6.03 Å². The summed E-state index contributed by atoms with van der Waals surface area (Å²) in [5.41, 5.74) is 0.285. The van der Waals surface area contributed by atoms with Crippen molar-refractivity contribution < 1.29 is 14.8 Å².